The predicted octanol–water partition coefficient (Wildman–Crippen LogP) is 6.04. The van der Waals surface area contributed by atoms with Crippen LogP contribution in [0.4, 0.5) is 19.3 Å². The molecule has 2 aromatic heterocycles. The van der Waals surface area contributed by atoms with Gasteiger partial charge in [0.15, 0.2) is 0 Å². The van der Waals surface area contributed by atoms with Crippen LogP contribution in [0, 0.1) is 11.6 Å². The van der Waals surface area contributed by atoms with Crippen molar-refractivity contribution in [1.82, 2.24) is 24.3 Å². The molecular formula is C37H40F2N6O4S. The molecule has 2 heterocycles. The Hall–Kier alpha value is -5.14. The van der Waals surface area contributed by atoms with Gasteiger partial charge in [0.2, 0.25) is 5.91 Å². The number of thiophene rings is 1. The second-order valence-electron chi connectivity index (χ2n) is 11.8. The molecule has 0 atom stereocenters. The van der Waals surface area contributed by atoms with E-state index in [-0.39, 0.29) is 40.7 Å². The van der Waals surface area contributed by atoms with Gasteiger partial charge in [-0.15, -0.1) is 11.3 Å². The topological polar surface area (TPSA) is 109 Å². The fourth-order valence-electron chi connectivity index (χ4n) is 5.85. The Morgan fingerprint density at radius 1 is 0.860 bits per heavy atom. The summed E-state index contributed by atoms with van der Waals surface area (Å²) in [6, 6.07) is 18.6. The van der Waals surface area contributed by atoms with Crippen molar-refractivity contribution in [2.75, 3.05) is 38.5 Å². The number of fused-ring (bicyclic) bond motifs is 1. The first-order valence-electron chi connectivity index (χ1n) is 16.5. The average molecular weight is 703 g/mol. The highest BCUT2D eigenvalue weighted by Crippen LogP contribution is 2.38. The van der Waals surface area contributed by atoms with Crippen LogP contribution in [-0.2, 0) is 17.9 Å². The summed E-state index contributed by atoms with van der Waals surface area (Å²) < 4.78 is 32.3. The summed E-state index contributed by atoms with van der Waals surface area (Å²) in [5.74, 6) is -1.61. The van der Waals surface area contributed by atoms with Gasteiger partial charge in [0, 0.05) is 55.3 Å². The van der Waals surface area contributed by atoms with Crippen LogP contribution >= 0.6 is 11.3 Å². The largest absolute Gasteiger partial charge is 0.343 e. The number of nitrogens with one attached hydrogen (secondary N) is 2. The van der Waals surface area contributed by atoms with Crippen molar-refractivity contribution < 1.29 is 18.4 Å². The normalized spacial score (nSPS) is 11.3. The van der Waals surface area contributed by atoms with Gasteiger partial charge >= 0.3 is 11.7 Å². The van der Waals surface area contributed by atoms with E-state index in [1.165, 1.54) is 22.0 Å². The van der Waals surface area contributed by atoms with Gasteiger partial charge < -0.3 is 20.4 Å². The number of urea groups is 1. The number of carbonyl (C=O) groups excluding carboxylic acids is 2. The lowest BCUT2D eigenvalue weighted by Crippen LogP contribution is -2.39. The van der Waals surface area contributed by atoms with Crippen molar-refractivity contribution in [1.29, 1.82) is 0 Å². The lowest BCUT2D eigenvalue weighted by molar-refractivity contribution is -0.131. The molecule has 0 saturated heterocycles. The second kappa shape index (κ2) is 16.0. The number of aromatic nitrogens is 2. The van der Waals surface area contributed by atoms with E-state index in [0.717, 1.165) is 16.7 Å². The Kier molecular flexibility index (Phi) is 11.6. The van der Waals surface area contributed by atoms with E-state index in [1.807, 2.05) is 32.7 Å². The predicted molar refractivity (Wildman–Crippen MR) is 194 cm³/mol. The highest BCUT2D eigenvalue weighted by molar-refractivity contribution is 7.22. The molecule has 0 aliphatic heterocycles. The fraction of sp³-hybridized carbons (Fsp3) is 0.297. The van der Waals surface area contributed by atoms with Gasteiger partial charge in [-0.05, 0) is 75.3 Å². The van der Waals surface area contributed by atoms with E-state index in [2.05, 4.69) is 10.6 Å². The van der Waals surface area contributed by atoms with E-state index < -0.39 is 29.4 Å². The van der Waals surface area contributed by atoms with Crippen LogP contribution in [0.5, 0.6) is 0 Å². The van der Waals surface area contributed by atoms with Crippen molar-refractivity contribution in [2.45, 2.75) is 40.3 Å². The fourth-order valence-corrected chi connectivity index (χ4v) is 7.15. The molecule has 2 N–H and O–H groups in total. The lowest BCUT2D eigenvalue weighted by atomic mass is 10.1. The van der Waals surface area contributed by atoms with E-state index in [4.69, 9.17) is 0 Å². The van der Waals surface area contributed by atoms with Crippen molar-refractivity contribution >= 4 is 39.2 Å². The van der Waals surface area contributed by atoms with Gasteiger partial charge in [-0.3, -0.25) is 14.2 Å². The molecule has 0 spiro atoms. The minimum absolute atomic E-state index is 0.0136. The van der Waals surface area contributed by atoms with Gasteiger partial charge in [0.25, 0.3) is 5.56 Å². The molecule has 0 unspecified atom stereocenters. The van der Waals surface area contributed by atoms with Gasteiger partial charge in [-0.1, -0.05) is 36.4 Å². The van der Waals surface area contributed by atoms with E-state index in [0.29, 0.717) is 53.6 Å². The summed E-state index contributed by atoms with van der Waals surface area (Å²) in [5, 5.41) is 5.69. The molecule has 0 aliphatic carbocycles. The number of hydrogen-bond donors (Lipinski definition) is 2. The van der Waals surface area contributed by atoms with Gasteiger partial charge in [-0.2, -0.15) is 0 Å². The van der Waals surface area contributed by atoms with Crippen LogP contribution in [0.3, 0.4) is 0 Å². The van der Waals surface area contributed by atoms with Gasteiger partial charge in [-0.25, -0.2) is 22.9 Å². The number of halogens is 2. The van der Waals surface area contributed by atoms with E-state index >= 15 is 8.78 Å². The molecule has 0 saturated carbocycles. The third kappa shape index (κ3) is 7.68. The maximum absolute atomic E-state index is 15.0. The lowest BCUT2D eigenvalue weighted by Gasteiger charge is -2.22. The SMILES string of the molecule is CCNC(=O)Nc1ccc(-c2sc3c(c2CN(C)CCC(=O)N(CC)CC)c(=O)n(-c2ccccc2)c(=O)n3Cc2c(F)cccc2F)cc1. The van der Waals surface area contributed by atoms with Crippen LogP contribution in [0.25, 0.3) is 26.3 Å². The molecule has 13 heteroatoms. The summed E-state index contributed by atoms with van der Waals surface area (Å²) in [6.07, 6.45) is 0.265. The first-order valence-corrected chi connectivity index (χ1v) is 17.3. The number of hydrogen-bond acceptors (Lipinski definition) is 6. The summed E-state index contributed by atoms with van der Waals surface area (Å²) in [4.78, 5) is 58.3. The quantitative estimate of drug-likeness (QED) is 0.156. The second-order valence-corrected chi connectivity index (χ2v) is 12.7. The van der Waals surface area contributed by atoms with Gasteiger partial charge in [0.1, 0.15) is 16.5 Å². The molecule has 0 fully saturated rings. The minimum atomic E-state index is -0.813. The molecule has 10 nitrogen and oxygen atoms in total. The molecule has 5 rings (SSSR count). The van der Waals surface area contributed by atoms with Gasteiger partial charge in [0.05, 0.1) is 17.6 Å². The van der Waals surface area contributed by atoms with E-state index in [9.17, 15) is 19.2 Å². The first kappa shape index (κ1) is 36.1. The molecule has 5 aromatic rings. The molecule has 3 aromatic carbocycles. The zero-order valence-corrected chi connectivity index (χ0v) is 29.3. The highest BCUT2D eigenvalue weighted by atomic mass is 32.1. The Morgan fingerprint density at radius 2 is 1.52 bits per heavy atom. The monoisotopic (exact) mass is 702 g/mol. The maximum atomic E-state index is 15.0. The molecule has 0 bridgehead atoms. The molecular weight excluding hydrogens is 663 g/mol. The van der Waals surface area contributed by atoms with Crippen molar-refractivity contribution in [2.24, 2.45) is 0 Å². The third-order valence-electron chi connectivity index (χ3n) is 8.46. The summed E-state index contributed by atoms with van der Waals surface area (Å²) in [5.41, 5.74) is 0.550. The van der Waals surface area contributed by atoms with Crippen LogP contribution < -0.4 is 21.9 Å². The zero-order valence-electron chi connectivity index (χ0n) is 28.5. The Bertz CT molecular complexity index is 2090. The standard InChI is InChI=1S/C37H40F2N6O4S/c1-5-40-36(48)41-25-18-16-24(17-19-25)33-28(22-42(4)21-20-31(46)43(6-2)7-3)32-34(47)45(26-12-9-8-10-13-26)37(49)44(35(32)50-33)23-27-29(38)14-11-15-30(27)39/h8-19H,5-7,20-23H2,1-4H3,(H2,40,41,48). The van der Waals surface area contributed by atoms with Crippen LogP contribution in [-0.4, -0.2) is 64.1 Å². The van der Waals surface area contributed by atoms with Crippen LogP contribution in [0.2, 0.25) is 0 Å². The molecule has 0 radical (unpaired) electrons. The average Bonchev–Trinajstić information content (AvgIpc) is 3.47. The van der Waals surface area contributed by atoms with Crippen LogP contribution in [0.1, 0.15) is 38.3 Å². The zero-order chi connectivity index (χ0) is 35.9. The first-order chi connectivity index (χ1) is 24.1. The van der Waals surface area contributed by atoms with Crippen molar-refractivity contribution in [3.8, 4) is 16.1 Å². The maximum Gasteiger partial charge on any atom is 0.337 e. The molecule has 0 aliphatic rings. The van der Waals surface area contributed by atoms with Crippen molar-refractivity contribution in [3.63, 3.8) is 0 Å². The number of rotatable bonds is 13. The smallest absolute Gasteiger partial charge is 0.337 e. The number of anilines is 1. The van der Waals surface area contributed by atoms with E-state index in [1.54, 1.807) is 59.5 Å². The minimum Gasteiger partial charge on any atom is -0.343 e. The van der Waals surface area contributed by atoms with Crippen molar-refractivity contribution in [3.05, 3.63) is 116 Å². The Balaban J connectivity index is 1.72. The number of amides is 3. The number of para-hydroxylation sites is 1. The Labute approximate surface area is 292 Å². The summed E-state index contributed by atoms with van der Waals surface area (Å²) in [6.45, 7) is 7.50. The molecule has 50 heavy (non-hydrogen) atoms. The third-order valence-corrected chi connectivity index (χ3v) is 9.76. The molecule has 262 valence electrons. The molecule has 3 amide bonds. The summed E-state index contributed by atoms with van der Waals surface area (Å²) >= 11 is 1.18. The number of carbonyl (C=O) groups is 2. The Morgan fingerprint density at radius 3 is 2.14 bits per heavy atom. The number of nitrogens with zero attached hydrogens (tertiary/aromatic N) is 4. The highest BCUT2D eigenvalue weighted by Gasteiger charge is 2.26. The summed E-state index contributed by atoms with van der Waals surface area (Å²) in [7, 11) is 1.85. The number of benzene rings is 3. The van der Waals surface area contributed by atoms with Crippen LogP contribution in [0.15, 0.2) is 82.4 Å².